The van der Waals surface area contributed by atoms with Gasteiger partial charge in [0.2, 0.25) is 0 Å². The zero-order chi connectivity index (χ0) is 39.7. The summed E-state index contributed by atoms with van der Waals surface area (Å²) in [4.78, 5) is 70.9. The molecule has 0 amide bonds. The van der Waals surface area contributed by atoms with Crippen molar-refractivity contribution in [2.75, 3.05) is 12.3 Å². The number of esters is 1. The minimum atomic E-state index is -5.97. The first-order valence-corrected chi connectivity index (χ1v) is 19.9. The maximum Gasteiger partial charge on any atom is 0.536 e. The largest absolute Gasteiger partial charge is 0.536 e. The molecule has 3 aromatic carbocycles. The van der Waals surface area contributed by atoms with Crippen LogP contribution in [0.2, 0.25) is 0 Å². The number of nitrogen functional groups attached to an aromatic ring is 1. The van der Waals surface area contributed by atoms with Gasteiger partial charge in [-0.15, -0.1) is 0 Å². The van der Waals surface area contributed by atoms with Crippen LogP contribution in [0.5, 0.6) is 23.0 Å². The molecule has 0 aliphatic carbocycles. The van der Waals surface area contributed by atoms with E-state index in [1.165, 1.54) is 48.7 Å². The molecule has 1 spiro atoms. The van der Waals surface area contributed by atoms with Crippen molar-refractivity contribution >= 4 is 41.2 Å². The van der Waals surface area contributed by atoms with E-state index < -0.39 is 77.5 Å². The first kappa shape index (κ1) is 38.3. The van der Waals surface area contributed by atoms with Crippen LogP contribution in [0.3, 0.4) is 0 Å². The summed E-state index contributed by atoms with van der Waals surface area (Å²) in [7, 11) is -17.3. The standard InChI is InChI=1S/C30H26N3O19P3/c31-25-7-8-33(29(39)32-25)26-12-21(35)24(48-26)13-46-53(40,41)51-55(44,45)52-54(42,43)50-16-3-6-20-23(11-16)47-22-10-15(34)2-5-19(22)30(20)18-4-1-14(27(36)37)9-17(18)28(38)49-30/h1-11,21,24,26,34-35H,12-13H2,(H,36,37)(H,40,41)(H,42,43)(H,44,45)(H2,31,32,39)/t21-,24+,26+,30?/m0/s1. The van der Waals surface area contributed by atoms with Crippen molar-refractivity contribution in [3.8, 4) is 23.0 Å². The normalized spacial score (nSPS) is 24.3. The number of aromatic carboxylic acids is 1. The van der Waals surface area contributed by atoms with E-state index in [9.17, 15) is 58.1 Å². The lowest BCUT2D eigenvalue weighted by Crippen LogP contribution is -2.33. The highest BCUT2D eigenvalue weighted by Gasteiger charge is 2.54. The molecule has 3 aliphatic heterocycles. The van der Waals surface area contributed by atoms with E-state index in [1.54, 1.807) is 0 Å². The predicted molar refractivity (Wildman–Crippen MR) is 179 cm³/mol. The Bertz CT molecular complexity index is 2480. The Labute approximate surface area is 306 Å². The van der Waals surface area contributed by atoms with Crippen LogP contribution < -0.4 is 20.7 Å². The van der Waals surface area contributed by atoms with Crippen molar-refractivity contribution in [1.29, 1.82) is 0 Å². The van der Waals surface area contributed by atoms with E-state index >= 15 is 0 Å². The van der Waals surface area contributed by atoms with Crippen LogP contribution >= 0.6 is 23.5 Å². The van der Waals surface area contributed by atoms with Gasteiger partial charge in [-0.05, 0) is 42.5 Å². The maximum absolute atomic E-state index is 13.1. The Kier molecular flexibility index (Phi) is 9.52. The molecule has 0 saturated carbocycles. The summed E-state index contributed by atoms with van der Waals surface area (Å²) in [6.07, 6.45) is -2.78. The molecule has 4 aromatic rings. The smallest absolute Gasteiger partial charge is 0.508 e. The number of phosphoric ester groups is 2. The summed E-state index contributed by atoms with van der Waals surface area (Å²) >= 11 is 0. The third kappa shape index (κ3) is 7.41. The van der Waals surface area contributed by atoms with E-state index in [0.29, 0.717) is 0 Å². The van der Waals surface area contributed by atoms with Gasteiger partial charge in [0, 0.05) is 41.4 Å². The highest BCUT2D eigenvalue weighted by molar-refractivity contribution is 7.67. The Hall–Kier alpha value is -4.95. The molecule has 22 nitrogen and oxygen atoms in total. The molecule has 3 aliphatic rings. The number of nitrogens with zero attached hydrogens (tertiary/aromatic N) is 2. The fourth-order valence-corrected chi connectivity index (χ4v) is 9.70. The first-order chi connectivity index (χ1) is 25.8. The second-order valence-corrected chi connectivity index (χ2v) is 16.6. The molecule has 7 atom stereocenters. The topological polar surface area (TPSA) is 332 Å². The molecule has 7 rings (SSSR count). The number of hydrogen-bond donors (Lipinski definition) is 7. The summed E-state index contributed by atoms with van der Waals surface area (Å²) < 4.78 is 74.1. The Morgan fingerprint density at radius 2 is 1.60 bits per heavy atom. The average molecular weight is 825 g/mol. The number of aliphatic hydroxyl groups excluding tert-OH is 1. The number of hydrogen-bond acceptors (Lipinski definition) is 17. The van der Waals surface area contributed by atoms with E-state index in [4.69, 9.17) is 24.5 Å². The number of carboxylic acid groups (broad SMARTS) is 1. The van der Waals surface area contributed by atoms with Crippen molar-refractivity contribution < 1.29 is 85.2 Å². The van der Waals surface area contributed by atoms with Crippen LogP contribution in [0.15, 0.2) is 71.7 Å². The number of benzene rings is 3. The minimum absolute atomic E-state index is 0.0507. The molecule has 0 radical (unpaired) electrons. The molecule has 55 heavy (non-hydrogen) atoms. The number of phenols is 1. The summed E-state index contributed by atoms with van der Waals surface area (Å²) in [6.45, 7) is -0.937. The third-order valence-corrected chi connectivity index (χ3v) is 12.6. The zero-order valence-electron chi connectivity index (χ0n) is 27.3. The zero-order valence-corrected chi connectivity index (χ0v) is 30.0. The maximum atomic E-state index is 13.1. The van der Waals surface area contributed by atoms with Gasteiger partial charge in [-0.25, -0.2) is 28.1 Å². The lowest BCUT2D eigenvalue weighted by molar-refractivity contribution is -0.0449. The number of nitrogens with two attached hydrogens (primary N) is 1. The second kappa shape index (κ2) is 13.7. The Balaban J connectivity index is 1.06. The minimum Gasteiger partial charge on any atom is -0.508 e. The van der Waals surface area contributed by atoms with Crippen LogP contribution in [0, 0.1) is 0 Å². The fraction of sp³-hybridized carbons (Fsp3) is 0.200. The third-order valence-electron chi connectivity index (χ3n) is 8.41. The van der Waals surface area contributed by atoms with Crippen LogP contribution in [-0.2, 0) is 41.9 Å². The summed E-state index contributed by atoms with van der Waals surface area (Å²) in [5, 5.41) is 29.9. The molecule has 4 heterocycles. The number of aromatic nitrogens is 2. The number of phenolic OH excluding ortho intramolecular Hbond substituents is 1. The van der Waals surface area contributed by atoms with Gasteiger partial charge in [-0.2, -0.15) is 13.6 Å². The molecule has 25 heteroatoms. The summed E-state index contributed by atoms with van der Waals surface area (Å²) in [5.74, 6) is -3.35. The monoisotopic (exact) mass is 825 g/mol. The lowest BCUT2D eigenvalue weighted by Gasteiger charge is -2.36. The highest BCUT2D eigenvalue weighted by atomic mass is 31.3. The van der Waals surface area contributed by atoms with Crippen molar-refractivity contribution in [1.82, 2.24) is 9.55 Å². The molecule has 1 fully saturated rings. The number of aliphatic hydroxyl groups is 1. The molecular weight excluding hydrogens is 799 g/mol. The number of fused-ring (bicyclic) bond motifs is 6. The number of carboxylic acids is 1. The average Bonchev–Trinajstić information content (AvgIpc) is 3.58. The number of carbonyl (C=O) groups excluding carboxylic acids is 1. The first-order valence-electron chi connectivity index (χ1n) is 15.5. The van der Waals surface area contributed by atoms with Crippen LogP contribution in [0.25, 0.3) is 0 Å². The molecule has 1 saturated heterocycles. The van der Waals surface area contributed by atoms with Crippen LogP contribution in [-0.4, -0.2) is 70.3 Å². The molecular formula is C30H26N3O19P3. The van der Waals surface area contributed by atoms with Crippen LogP contribution in [0.1, 0.15) is 50.1 Å². The number of aromatic hydroxyl groups is 1. The quantitative estimate of drug-likeness (QED) is 0.0844. The van der Waals surface area contributed by atoms with Gasteiger partial charge in [-0.3, -0.25) is 14.0 Å². The van der Waals surface area contributed by atoms with Gasteiger partial charge >= 0.3 is 41.1 Å². The van der Waals surface area contributed by atoms with Crippen LogP contribution in [0.4, 0.5) is 5.82 Å². The second-order valence-electron chi connectivity index (χ2n) is 12.0. The van der Waals surface area contributed by atoms with Crippen molar-refractivity contribution in [2.45, 2.75) is 30.5 Å². The van der Waals surface area contributed by atoms with Gasteiger partial charge in [0.05, 0.1) is 23.8 Å². The van der Waals surface area contributed by atoms with Crippen molar-refractivity contribution in [2.24, 2.45) is 0 Å². The predicted octanol–water partition coefficient (Wildman–Crippen LogP) is 2.88. The van der Waals surface area contributed by atoms with E-state index in [0.717, 1.165) is 22.8 Å². The SMILES string of the molecule is Nc1ccn([C@H]2C[C@H](O)[C@@H](COP(=O)(O)OP(=O)(O)OP(=O)(O)Oc3ccc4c(c3)Oc3cc(O)ccc3C43OC(=O)c4cc(C(=O)O)ccc43)O2)c(=O)n1. The molecule has 8 N–H and O–H groups in total. The lowest BCUT2D eigenvalue weighted by atomic mass is 9.77. The molecule has 0 bridgehead atoms. The Morgan fingerprint density at radius 1 is 0.927 bits per heavy atom. The van der Waals surface area contributed by atoms with Crippen molar-refractivity contribution in [3.05, 3.63) is 105 Å². The number of ether oxygens (including phenoxy) is 3. The number of carbonyl (C=O) groups is 2. The molecule has 290 valence electrons. The highest BCUT2D eigenvalue weighted by Crippen LogP contribution is 2.68. The van der Waals surface area contributed by atoms with Crippen molar-refractivity contribution in [3.63, 3.8) is 0 Å². The van der Waals surface area contributed by atoms with Gasteiger partial charge in [0.1, 0.15) is 41.1 Å². The van der Waals surface area contributed by atoms with E-state index in [1.807, 2.05) is 0 Å². The number of rotatable bonds is 11. The summed E-state index contributed by atoms with van der Waals surface area (Å²) in [6, 6.07) is 12.2. The molecule has 1 aromatic heterocycles. The number of phosphoric acid groups is 3. The van der Waals surface area contributed by atoms with E-state index in [2.05, 4.69) is 18.1 Å². The Morgan fingerprint density at radius 3 is 2.31 bits per heavy atom. The fourth-order valence-electron chi connectivity index (χ4n) is 6.18. The van der Waals surface area contributed by atoms with Gasteiger partial charge in [0.15, 0.2) is 5.60 Å². The van der Waals surface area contributed by atoms with Gasteiger partial charge in [-0.1, -0.05) is 6.07 Å². The van der Waals surface area contributed by atoms with E-state index in [-0.39, 0.29) is 57.3 Å². The molecule has 4 unspecified atom stereocenters. The van der Waals surface area contributed by atoms with Gasteiger partial charge in [0.25, 0.3) is 0 Å². The van der Waals surface area contributed by atoms with Gasteiger partial charge < -0.3 is 49.6 Å². The summed E-state index contributed by atoms with van der Waals surface area (Å²) in [5.41, 5.74) is 3.09. The number of anilines is 1.